The summed E-state index contributed by atoms with van der Waals surface area (Å²) in [5.74, 6) is -5.69. The van der Waals surface area contributed by atoms with E-state index in [4.69, 9.17) is 0 Å². The highest BCUT2D eigenvalue weighted by Crippen LogP contribution is 2.46. The van der Waals surface area contributed by atoms with Crippen LogP contribution in [0.15, 0.2) is 83.0 Å². The maximum absolute atomic E-state index is 15.8. The smallest absolute Gasteiger partial charge is 0.229 e. The Hall–Kier alpha value is -2.45. The number of nitrogens with one attached hydrogen (secondary N) is 1. The first-order chi connectivity index (χ1) is 12.7. The molecule has 2 aromatic carbocycles. The van der Waals surface area contributed by atoms with Crippen LogP contribution in [0.2, 0.25) is 0 Å². The topological polar surface area (TPSA) is 46.2 Å². The SMILES string of the molecule is Cc1ccc(C2(F)C(F)=C(F)C(F)=CC2NS(=O)(=O)c2ccccc2)cc1. The van der Waals surface area contributed by atoms with Crippen LogP contribution in [0.1, 0.15) is 11.1 Å². The molecule has 142 valence electrons. The van der Waals surface area contributed by atoms with Crippen LogP contribution in [-0.2, 0) is 15.7 Å². The maximum atomic E-state index is 15.8. The number of allylic oxidation sites excluding steroid dienone is 2. The quantitative estimate of drug-likeness (QED) is 0.771. The molecule has 1 N–H and O–H groups in total. The Morgan fingerprint density at radius 3 is 2.15 bits per heavy atom. The van der Waals surface area contributed by atoms with Gasteiger partial charge < -0.3 is 0 Å². The molecule has 2 unspecified atom stereocenters. The van der Waals surface area contributed by atoms with E-state index < -0.39 is 39.2 Å². The minimum Gasteiger partial charge on any atom is -0.229 e. The van der Waals surface area contributed by atoms with Gasteiger partial charge in [0, 0.05) is 0 Å². The van der Waals surface area contributed by atoms with E-state index in [1.54, 1.807) is 13.0 Å². The number of aryl methyl sites for hydroxylation is 1. The summed E-state index contributed by atoms with van der Waals surface area (Å²) in [5, 5.41) is 0. The van der Waals surface area contributed by atoms with E-state index in [1.165, 1.54) is 48.5 Å². The second-order valence-electron chi connectivity index (χ2n) is 6.13. The highest BCUT2D eigenvalue weighted by molar-refractivity contribution is 7.89. The molecule has 27 heavy (non-hydrogen) atoms. The van der Waals surface area contributed by atoms with Gasteiger partial charge in [0.15, 0.2) is 17.5 Å². The van der Waals surface area contributed by atoms with Crippen molar-refractivity contribution in [2.24, 2.45) is 0 Å². The zero-order chi connectivity index (χ0) is 19.8. The number of hydrogen-bond acceptors (Lipinski definition) is 2. The summed E-state index contributed by atoms with van der Waals surface area (Å²) in [4.78, 5) is -0.222. The number of hydrogen-bond donors (Lipinski definition) is 1. The van der Waals surface area contributed by atoms with Crippen molar-refractivity contribution in [2.75, 3.05) is 0 Å². The summed E-state index contributed by atoms with van der Waals surface area (Å²) in [6.45, 7) is 1.71. The van der Waals surface area contributed by atoms with E-state index in [1.807, 2.05) is 4.72 Å². The van der Waals surface area contributed by atoms with Crippen molar-refractivity contribution in [3.63, 3.8) is 0 Å². The second-order valence-corrected chi connectivity index (χ2v) is 7.85. The van der Waals surface area contributed by atoms with Gasteiger partial charge in [0.25, 0.3) is 0 Å². The van der Waals surface area contributed by atoms with Crippen LogP contribution in [0, 0.1) is 6.92 Å². The summed E-state index contributed by atoms with van der Waals surface area (Å²) in [7, 11) is -4.32. The van der Waals surface area contributed by atoms with E-state index in [0.29, 0.717) is 6.08 Å². The van der Waals surface area contributed by atoms with Crippen LogP contribution in [-0.4, -0.2) is 14.5 Å². The Balaban J connectivity index is 2.10. The molecule has 0 amide bonds. The van der Waals surface area contributed by atoms with Gasteiger partial charge in [-0.25, -0.2) is 30.7 Å². The molecule has 0 saturated carbocycles. The highest BCUT2D eigenvalue weighted by atomic mass is 32.2. The molecule has 0 bridgehead atoms. The lowest BCUT2D eigenvalue weighted by Crippen LogP contribution is -2.49. The summed E-state index contributed by atoms with van der Waals surface area (Å²) in [5.41, 5.74) is -2.86. The van der Waals surface area contributed by atoms with Gasteiger partial charge in [-0.2, -0.15) is 0 Å². The van der Waals surface area contributed by atoms with E-state index in [0.717, 1.165) is 5.56 Å². The molecular weight excluding hydrogens is 382 g/mol. The van der Waals surface area contributed by atoms with Gasteiger partial charge in [0.05, 0.1) is 10.9 Å². The average Bonchev–Trinajstić information content (AvgIpc) is 2.65. The molecule has 8 heteroatoms. The van der Waals surface area contributed by atoms with Gasteiger partial charge in [-0.1, -0.05) is 48.0 Å². The zero-order valence-electron chi connectivity index (χ0n) is 14.1. The van der Waals surface area contributed by atoms with Gasteiger partial charge in [0.2, 0.25) is 15.7 Å². The van der Waals surface area contributed by atoms with Gasteiger partial charge in [-0.15, -0.1) is 0 Å². The molecule has 2 aromatic rings. The summed E-state index contributed by atoms with van der Waals surface area (Å²) in [6, 6.07) is 10.2. The monoisotopic (exact) mass is 397 g/mol. The molecule has 0 aliphatic heterocycles. The lowest BCUT2D eigenvalue weighted by Gasteiger charge is -2.34. The van der Waals surface area contributed by atoms with Gasteiger partial charge in [-0.05, 0) is 30.7 Å². The Morgan fingerprint density at radius 1 is 0.963 bits per heavy atom. The number of alkyl halides is 1. The molecule has 3 nitrogen and oxygen atoms in total. The van der Waals surface area contributed by atoms with Crippen molar-refractivity contribution in [1.82, 2.24) is 4.72 Å². The van der Waals surface area contributed by atoms with E-state index in [9.17, 15) is 21.6 Å². The van der Waals surface area contributed by atoms with Gasteiger partial charge in [-0.3, -0.25) is 0 Å². The van der Waals surface area contributed by atoms with Crippen molar-refractivity contribution in [1.29, 1.82) is 0 Å². The van der Waals surface area contributed by atoms with Crippen molar-refractivity contribution in [3.8, 4) is 0 Å². The van der Waals surface area contributed by atoms with Crippen molar-refractivity contribution < 1.29 is 26.0 Å². The fourth-order valence-electron chi connectivity index (χ4n) is 2.79. The summed E-state index contributed by atoms with van der Waals surface area (Å²) >= 11 is 0. The van der Waals surface area contributed by atoms with Crippen LogP contribution in [0.4, 0.5) is 17.6 Å². The van der Waals surface area contributed by atoms with E-state index >= 15 is 4.39 Å². The fraction of sp³-hybridized carbons (Fsp3) is 0.158. The first kappa shape index (κ1) is 19.3. The first-order valence-corrected chi connectivity index (χ1v) is 9.41. The minimum atomic E-state index is -4.32. The Labute approximate surface area is 154 Å². The maximum Gasteiger partial charge on any atom is 0.241 e. The third kappa shape index (κ3) is 3.42. The predicted octanol–water partition coefficient (Wildman–Crippen LogP) is 4.52. The Kier molecular flexibility index (Phi) is 4.96. The predicted molar refractivity (Wildman–Crippen MR) is 92.9 cm³/mol. The van der Waals surface area contributed by atoms with E-state index in [2.05, 4.69) is 0 Å². The molecule has 0 fully saturated rings. The summed E-state index contributed by atoms with van der Waals surface area (Å²) < 4.78 is 84.8. The average molecular weight is 397 g/mol. The molecule has 0 saturated heterocycles. The Bertz CT molecular complexity index is 1020. The minimum absolute atomic E-state index is 0.222. The van der Waals surface area contributed by atoms with Crippen LogP contribution in [0.3, 0.4) is 0 Å². The third-order valence-electron chi connectivity index (χ3n) is 4.27. The van der Waals surface area contributed by atoms with Crippen LogP contribution < -0.4 is 4.72 Å². The molecule has 3 rings (SSSR count). The number of halogens is 4. The van der Waals surface area contributed by atoms with E-state index in [-0.39, 0.29) is 10.5 Å². The number of sulfonamides is 1. The van der Waals surface area contributed by atoms with Gasteiger partial charge in [0.1, 0.15) is 0 Å². The Morgan fingerprint density at radius 2 is 1.56 bits per heavy atom. The molecule has 0 radical (unpaired) electrons. The van der Waals surface area contributed by atoms with Crippen LogP contribution >= 0.6 is 0 Å². The van der Waals surface area contributed by atoms with Crippen molar-refractivity contribution in [2.45, 2.75) is 23.5 Å². The van der Waals surface area contributed by atoms with Crippen molar-refractivity contribution in [3.05, 3.63) is 89.3 Å². The van der Waals surface area contributed by atoms with Gasteiger partial charge >= 0.3 is 0 Å². The lowest BCUT2D eigenvalue weighted by molar-refractivity contribution is 0.135. The standard InChI is InChI=1S/C19H15F4NO2S/c1-12-7-9-13(10-8-12)19(23)16(11-15(20)17(21)18(19)22)24-27(25,26)14-5-3-2-4-6-14/h2-11,16,24H,1H3. The van der Waals surface area contributed by atoms with Crippen molar-refractivity contribution >= 4 is 10.0 Å². The molecule has 0 heterocycles. The van der Waals surface area contributed by atoms with Crippen LogP contribution in [0.5, 0.6) is 0 Å². The molecule has 1 aliphatic carbocycles. The number of benzene rings is 2. The number of rotatable bonds is 4. The fourth-order valence-corrected chi connectivity index (χ4v) is 4.00. The zero-order valence-corrected chi connectivity index (χ0v) is 14.9. The normalized spacial score (nSPS) is 23.3. The molecule has 0 spiro atoms. The first-order valence-electron chi connectivity index (χ1n) is 7.93. The highest BCUT2D eigenvalue weighted by Gasteiger charge is 2.51. The summed E-state index contributed by atoms with van der Waals surface area (Å²) in [6.07, 6.45) is 0.388. The molecule has 0 aromatic heterocycles. The third-order valence-corrected chi connectivity index (χ3v) is 5.73. The molecule has 1 aliphatic rings. The lowest BCUT2D eigenvalue weighted by atomic mass is 9.83. The second kappa shape index (κ2) is 6.94. The van der Waals surface area contributed by atoms with Crippen LogP contribution in [0.25, 0.3) is 0 Å². The largest absolute Gasteiger partial charge is 0.241 e. The molecular formula is C19H15F4NO2S. The molecule has 2 atom stereocenters.